The van der Waals surface area contributed by atoms with Gasteiger partial charge in [0.15, 0.2) is 0 Å². The number of anilines is 2. The summed E-state index contributed by atoms with van der Waals surface area (Å²) in [7, 11) is -4.07. The van der Waals surface area contributed by atoms with Crippen LogP contribution in [0.3, 0.4) is 0 Å². The first-order valence-electron chi connectivity index (χ1n) is 10.2. The normalized spacial score (nSPS) is 15.6. The second kappa shape index (κ2) is 9.39. The molecule has 2 heterocycles. The molecule has 2 N–H and O–H groups in total. The second-order valence-electron chi connectivity index (χ2n) is 7.91. The van der Waals surface area contributed by atoms with Gasteiger partial charge in [-0.1, -0.05) is 35.3 Å². The summed E-state index contributed by atoms with van der Waals surface area (Å²) in [5.74, 6) is -0.337. The van der Waals surface area contributed by atoms with Crippen molar-refractivity contribution in [3.05, 3.63) is 81.7 Å². The standard InChI is InChI=1S/C23H19Cl2FN4O3S/c24-17-3-1-16(2-4-17)23(31)7-9-30(10-8-23)22-15(13-27)11-18(14-28-22)29-34(32,33)19-5-6-21(26)20(25)12-19/h1-6,11-12,14,29,31H,7-10H2. The van der Waals surface area contributed by atoms with Gasteiger partial charge in [0.2, 0.25) is 0 Å². The number of aromatic nitrogens is 1. The molecule has 1 aromatic heterocycles. The molecular weight excluding hydrogens is 502 g/mol. The average molecular weight is 521 g/mol. The Kier molecular flexibility index (Phi) is 6.69. The maximum absolute atomic E-state index is 13.4. The van der Waals surface area contributed by atoms with Crippen molar-refractivity contribution in [1.82, 2.24) is 4.98 Å². The quantitative estimate of drug-likeness (QED) is 0.505. The number of nitrogens with zero attached hydrogens (tertiary/aromatic N) is 3. The molecule has 11 heteroatoms. The van der Waals surface area contributed by atoms with E-state index in [0.717, 1.165) is 23.8 Å². The fraction of sp³-hybridized carbons (Fsp3) is 0.217. The zero-order valence-corrected chi connectivity index (χ0v) is 20.0. The first-order chi connectivity index (χ1) is 16.1. The highest BCUT2D eigenvalue weighted by atomic mass is 35.5. The molecule has 0 spiro atoms. The average Bonchev–Trinajstić information content (AvgIpc) is 2.81. The van der Waals surface area contributed by atoms with E-state index >= 15 is 0 Å². The summed E-state index contributed by atoms with van der Waals surface area (Å²) < 4.78 is 41.0. The molecule has 0 unspecified atom stereocenters. The third-order valence-corrected chi connectivity index (χ3v) is 7.63. The monoisotopic (exact) mass is 520 g/mol. The topological polar surface area (TPSA) is 106 Å². The minimum Gasteiger partial charge on any atom is -0.385 e. The van der Waals surface area contributed by atoms with Gasteiger partial charge in [0.05, 0.1) is 33.0 Å². The van der Waals surface area contributed by atoms with Gasteiger partial charge in [0.25, 0.3) is 10.0 Å². The van der Waals surface area contributed by atoms with Gasteiger partial charge >= 0.3 is 0 Å². The minimum absolute atomic E-state index is 0.0791. The van der Waals surface area contributed by atoms with E-state index in [1.165, 1.54) is 12.3 Å². The Hall–Kier alpha value is -2.90. The van der Waals surface area contributed by atoms with Gasteiger partial charge in [-0.25, -0.2) is 17.8 Å². The Labute approximate surface area is 206 Å². The first-order valence-corrected chi connectivity index (χ1v) is 12.5. The van der Waals surface area contributed by atoms with Crippen LogP contribution in [0.2, 0.25) is 10.0 Å². The van der Waals surface area contributed by atoms with Crippen LogP contribution in [0.5, 0.6) is 0 Å². The van der Waals surface area contributed by atoms with Crippen molar-refractivity contribution in [2.24, 2.45) is 0 Å². The molecule has 176 valence electrons. The third-order valence-electron chi connectivity index (χ3n) is 5.71. The van der Waals surface area contributed by atoms with Crippen molar-refractivity contribution in [3.8, 4) is 6.07 Å². The molecule has 0 aliphatic carbocycles. The van der Waals surface area contributed by atoms with Crippen LogP contribution in [0, 0.1) is 17.1 Å². The number of aliphatic hydroxyl groups is 1. The van der Waals surface area contributed by atoms with Gasteiger partial charge in [0.1, 0.15) is 17.7 Å². The number of halogens is 3. The number of rotatable bonds is 5. The largest absolute Gasteiger partial charge is 0.385 e. The fourth-order valence-corrected chi connectivity index (χ4v) is 5.27. The van der Waals surface area contributed by atoms with Crippen molar-refractivity contribution in [3.63, 3.8) is 0 Å². The maximum Gasteiger partial charge on any atom is 0.261 e. The number of pyridine rings is 1. The zero-order valence-electron chi connectivity index (χ0n) is 17.7. The van der Waals surface area contributed by atoms with Gasteiger partial charge in [-0.3, -0.25) is 4.72 Å². The Morgan fingerprint density at radius 3 is 2.41 bits per heavy atom. The Morgan fingerprint density at radius 1 is 1.12 bits per heavy atom. The number of hydrogen-bond donors (Lipinski definition) is 2. The van der Waals surface area contributed by atoms with Crippen LogP contribution >= 0.6 is 23.2 Å². The lowest BCUT2D eigenvalue weighted by Crippen LogP contribution is -2.43. The molecule has 1 aliphatic rings. The Bertz CT molecular complexity index is 1370. The molecular formula is C23H19Cl2FN4O3S. The van der Waals surface area contributed by atoms with Crippen molar-refractivity contribution in [2.75, 3.05) is 22.7 Å². The lowest BCUT2D eigenvalue weighted by atomic mass is 9.84. The van der Waals surface area contributed by atoms with Gasteiger partial charge in [-0.15, -0.1) is 0 Å². The van der Waals surface area contributed by atoms with Crippen molar-refractivity contribution in [1.29, 1.82) is 5.26 Å². The van der Waals surface area contributed by atoms with Crippen LogP contribution in [-0.2, 0) is 15.6 Å². The van der Waals surface area contributed by atoms with E-state index in [-0.39, 0.29) is 21.2 Å². The molecule has 1 saturated heterocycles. The highest BCUT2D eigenvalue weighted by Crippen LogP contribution is 2.35. The number of nitrogens with one attached hydrogen (secondary N) is 1. The molecule has 0 amide bonds. The predicted molar refractivity (Wildman–Crippen MR) is 128 cm³/mol. The molecule has 1 aliphatic heterocycles. The van der Waals surface area contributed by atoms with Crippen molar-refractivity contribution >= 4 is 44.7 Å². The Morgan fingerprint density at radius 2 is 1.79 bits per heavy atom. The second-order valence-corrected chi connectivity index (χ2v) is 10.4. The maximum atomic E-state index is 13.4. The van der Waals surface area contributed by atoms with Crippen LogP contribution in [0.25, 0.3) is 0 Å². The SMILES string of the molecule is N#Cc1cc(NS(=O)(=O)c2ccc(F)c(Cl)c2)cnc1N1CCC(O)(c2ccc(Cl)cc2)CC1. The molecule has 0 atom stereocenters. The van der Waals surface area contributed by atoms with Gasteiger partial charge in [-0.05, 0) is 54.8 Å². The van der Waals surface area contributed by atoms with E-state index in [2.05, 4.69) is 9.71 Å². The van der Waals surface area contributed by atoms with Gasteiger partial charge < -0.3 is 10.0 Å². The molecule has 3 aromatic rings. The highest BCUT2D eigenvalue weighted by Gasteiger charge is 2.35. The van der Waals surface area contributed by atoms with Crippen molar-refractivity contribution in [2.45, 2.75) is 23.3 Å². The summed E-state index contributed by atoms with van der Waals surface area (Å²) in [5.41, 5.74) is 0.0141. The number of hydrogen-bond acceptors (Lipinski definition) is 6. The summed E-state index contributed by atoms with van der Waals surface area (Å²) in [5, 5.41) is 21.0. The van der Waals surface area contributed by atoms with Crippen LogP contribution in [-0.4, -0.2) is 31.6 Å². The number of sulfonamides is 1. The van der Waals surface area contributed by atoms with E-state index in [1.807, 2.05) is 11.0 Å². The van der Waals surface area contributed by atoms with E-state index in [9.17, 15) is 23.2 Å². The molecule has 7 nitrogen and oxygen atoms in total. The molecule has 4 rings (SSSR count). The number of nitriles is 1. The lowest BCUT2D eigenvalue weighted by molar-refractivity contribution is 0.0116. The molecule has 34 heavy (non-hydrogen) atoms. The fourth-order valence-electron chi connectivity index (χ4n) is 3.84. The summed E-state index contributed by atoms with van der Waals surface area (Å²) >= 11 is 11.6. The third kappa shape index (κ3) is 4.95. The first kappa shape index (κ1) is 24.2. The molecule has 0 saturated carbocycles. The van der Waals surface area contributed by atoms with Gasteiger partial charge in [0, 0.05) is 18.1 Å². The highest BCUT2D eigenvalue weighted by molar-refractivity contribution is 7.92. The smallest absolute Gasteiger partial charge is 0.261 e. The molecule has 2 aromatic carbocycles. The van der Waals surface area contributed by atoms with Crippen molar-refractivity contribution < 1.29 is 17.9 Å². The molecule has 0 bridgehead atoms. The van der Waals surface area contributed by atoms with E-state index in [1.54, 1.807) is 24.3 Å². The summed E-state index contributed by atoms with van der Waals surface area (Å²) in [6.45, 7) is 0.889. The molecule has 0 radical (unpaired) electrons. The van der Waals surface area contributed by atoms with E-state index in [0.29, 0.717) is 36.8 Å². The van der Waals surface area contributed by atoms with Crippen LogP contribution < -0.4 is 9.62 Å². The minimum atomic E-state index is -4.07. The van der Waals surface area contributed by atoms with E-state index < -0.39 is 21.4 Å². The summed E-state index contributed by atoms with van der Waals surface area (Å²) in [6.07, 6.45) is 2.14. The Balaban J connectivity index is 1.51. The number of benzene rings is 2. The number of piperidine rings is 1. The van der Waals surface area contributed by atoms with Crippen LogP contribution in [0.4, 0.5) is 15.9 Å². The lowest BCUT2D eigenvalue weighted by Gasteiger charge is -2.39. The zero-order chi connectivity index (χ0) is 24.5. The van der Waals surface area contributed by atoms with Gasteiger partial charge in [-0.2, -0.15) is 5.26 Å². The molecule has 1 fully saturated rings. The van der Waals surface area contributed by atoms with Crippen LogP contribution in [0.1, 0.15) is 24.0 Å². The van der Waals surface area contributed by atoms with E-state index in [4.69, 9.17) is 23.2 Å². The van der Waals surface area contributed by atoms with Crippen LogP contribution in [0.15, 0.2) is 59.6 Å². The summed E-state index contributed by atoms with van der Waals surface area (Å²) in [6, 6.07) is 13.5. The summed E-state index contributed by atoms with van der Waals surface area (Å²) in [4.78, 5) is 5.96. The predicted octanol–water partition coefficient (Wildman–Crippen LogP) is 4.69.